The van der Waals surface area contributed by atoms with Crippen LogP contribution in [0.25, 0.3) is 11.3 Å². The zero-order chi connectivity index (χ0) is 19.0. The second-order valence-electron chi connectivity index (χ2n) is 5.73. The van der Waals surface area contributed by atoms with Crippen LogP contribution in [-0.2, 0) is 6.18 Å². The zero-order valence-corrected chi connectivity index (χ0v) is 13.6. The number of anilines is 1. The highest BCUT2D eigenvalue weighted by atomic mass is 19.4. The number of amides is 1. The maximum absolute atomic E-state index is 13.0. The molecule has 2 aromatic carbocycles. The van der Waals surface area contributed by atoms with Crippen LogP contribution in [0.5, 0.6) is 11.5 Å². The first kappa shape index (κ1) is 17.0. The van der Waals surface area contributed by atoms with Gasteiger partial charge in [-0.1, -0.05) is 12.1 Å². The molecule has 0 fully saturated rings. The monoisotopic (exact) mass is 375 g/mol. The van der Waals surface area contributed by atoms with Crippen LogP contribution in [0.2, 0.25) is 0 Å². The van der Waals surface area contributed by atoms with Gasteiger partial charge < -0.3 is 14.8 Å². The summed E-state index contributed by atoms with van der Waals surface area (Å²) in [5, 5.41) is 8.84. The lowest BCUT2D eigenvalue weighted by Gasteiger charge is -2.12. The maximum atomic E-state index is 13.0. The molecule has 0 atom stereocenters. The van der Waals surface area contributed by atoms with E-state index < -0.39 is 17.6 Å². The molecule has 0 aliphatic carbocycles. The fourth-order valence-electron chi connectivity index (χ4n) is 2.67. The molecule has 0 bridgehead atoms. The summed E-state index contributed by atoms with van der Waals surface area (Å²) in [7, 11) is 0. The van der Waals surface area contributed by atoms with Crippen molar-refractivity contribution < 1.29 is 27.4 Å². The largest absolute Gasteiger partial charge is 0.454 e. The number of halogens is 3. The van der Waals surface area contributed by atoms with Gasteiger partial charge in [0, 0.05) is 5.56 Å². The van der Waals surface area contributed by atoms with Gasteiger partial charge in [0.2, 0.25) is 6.79 Å². The van der Waals surface area contributed by atoms with Gasteiger partial charge in [0.25, 0.3) is 5.91 Å². The van der Waals surface area contributed by atoms with E-state index in [2.05, 4.69) is 15.5 Å². The highest BCUT2D eigenvalue weighted by molar-refractivity contribution is 6.03. The third-order valence-electron chi connectivity index (χ3n) is 3.97. The number of nitrogens with one attached hydrogen (secondary N) is 2. The Balaban J connectivity index is 1.57. The standard InChI is InChI=1S/C18H12F3N3O3/c19-18(20,21)11-3-1-2-4-12(11)22-17(25)14-8-13(23-24-14)10-5-6-15-16(7-10)27-9-26-15/h1-8H,9H2,(H,22,25)(H,23,24). The van der Waals surface area contributed by atoms with Gasteiger partial charge in [-0.05, 0) is 36.4 Å². The van der Waals surface area contributed by atoms with Gasteiger partial charge in [0.1, 0.15) is 5.69 Å². The Morgan fingerprint density at radius 2 is 1.85 bits per heavy atom. The summed E-state index contributed by atoms with van der Waals surface area (Å²) < 4.78 is 49.7. The second kappa shape index (κ2) is 6.35. The number of H-pyrrole nitrogens is 1. The minimum atomic E-state index is -4.57. The molecule has 6 nitrogen and oxygen atoms in total. The van der Waals surface area contributed by atoms with Gasteiger partial charge in [0.15, 0.2) is 11.5 Å². The van der Waals surface area contributed by atoms with E-state index in [1.54, 1.807) is 18.2 Å². The SMILES string of the molecule is O=C(Nc1ccccc1C(F)(F)F)c1cc(-c2ccc3c(c2)OCO3)n[nH]1. The fraction of sp³-hybridized carbons (Fsp3) is 0.111. The van der Waals surface area contributed by atoms with Crippen molar-refractivity contribution in [2.24, 2.45) is 0 Å². The van der Waals surface area contributed by atoms with Crippen LogP contribution >= 0.6 is 0 Å². The van der Waals surface area contributed by atoms with Crippen LogP contribution in [-0.4, -0.2) is 22.9 Å². The van der Waals surface area contributed by atoms with Gasteiger partial charge in [-0.2, -0.15) is 18.3 Å². The number of fused-ring (bicyclic) bond motifs is 1. The van der Waals surface area contributed by atoms with E-state index >= 15 is 0 Å². The number of ether oxygens (including phenoxy) is 2. The Bertz CT molecular complexity index is 1010. The lowest BCUT2D eigenvalue weighted by Crippen LogP contribution is -2.16. The Hall–Kier alpha value is -3.49. The fourth-order valence-corrected chi connectivity index (χ4v) is 2.67. The second-order valence-corrected chi connectivity index (χ2v) is 5.73. The summed E-state index contributed by atoms with van der Waals surface area (Å²) in [6.07, 6.45) is -4.57. The number of hydrogen-bond donors (Lipinski definition) is 2. The number of aromatic amines is 1. The Labute approximate surface area is 150 Å². The van der Waals surface area contributed by atoms with Gasteiger partial charge in [-0.3, -0.25) is 9.89 Å². The summed E-state index contributed by atoms with van der Waals surface area (Å²) in [6, 6.07) is 11.4. The van der Waals surface area contributed by atoms with Crippen molar-refractivity contribution in [3.63, 3.8) is 0 Å². The average Bonchev–Trinajstić information content (AvgIpc) is 3.30. The molecule has 2 N–H and O–H groups in total. The number of hydrogen-bond acceptors (Lipinski definition) is 4. The van der Waals surface area contributed by atoms with E-state index in [1.807, 2.05) is 0 Å². The number of aromatic nitrogens is 2. The highest BCUT2D eigenvalue weighted by Crippen LogP contribution is 2.36. The molecule has 3 aromatic rings. The van der Waals surface area contributed by atoms with Gasteiger partial charge >= 0.3 is 6.18 Å². The third-order valence-corrected chi connectivity index (χ3v) is 3.97. The van der Waals surface area contributed by atoms with Crippen LogP contribution in [0.1, 0.15) is 16.1 Å². The summed E-state index contributed by atoms with van der Waals surface area (Å²) in [5.74, 6) is 0.433. The summed E-state index contributed by atoms with van der Waals surface area (Å²) in [6.45, 7) is 0.131. The minimum absolute atomic E-state index is 0.0274. The molecule has 138 valence electrons. The molecule has 1 aliphatic heterocycles. The van der Waals surface area contributed by atoms with Gasteiger partial charge in [-0.25, -0.2) is 0 Å². The predicted octanol–water partition coefficient (Wildman–Crippen LogP) is 4.08. The first-order chi connectivity index (χ1) is 12.9. The topological polar surface area (TPSA) is 76.2 Å². The maximum Gasteiger partial charge on any atom is 0.418 e. The molecule has 1 aliphatic rings. The van der Waals surface area contributed by atoms with E-state index in [4.69, 9.17) is 9.47 Å². The van der Waals surface area contributed by atoms with E-state index in [9.17, 15) is 18.0 Å². The molecule has 1 amide bonds. The van der Waals surface area contributed by atoms with Crippen LogP contribution in [0.15, 0.2) is 48.5 Å². The smallest absolute Gasteiger partial charge is 0.418 e. The number of carbonyl (C=O) groups is 1. The number of para-hydroxylation sites is 1. The summed E-state index contributed by atoms with van der Waals surface area (Å²) in [4.78, 5) is 12.3. The number of rotatable bonds is 3. The normalized spacial score (nSPS) is 12.9. The molecule has 4 rings (SSSR count). The number of nitrogens with zero attached hydrogens (tertiary/aromatic N) is 1. The molecule has 0 saturated heterocycles. The van der Waals surface area contributed by atoms with Crippen LogP contribution in [0, 0.1) is 0 Å². The number of alkyl halides is 3. The van der Waals surface area contributed by atoms with Crippen molar-refractivity contribution in [2.75, 3.05) is 12.1 Å². The van der Waals surface area contributed by atoms with Crippen molar-refractivity contribution in [2.45, 2.75) is 6.18 Å². The first-order valence-corrected chi connectivity index (χ1v) is 7.85. The van der Waals surface area contributed by atoms with Crippen LogP contribution < -0.4 is 14.8 Å². The molecule has 1 aromatic heterocycles. The van der Waals surface area contributed by atoms with Crippen molar-refractivity contribution in [1.29, 1.82) is 0 Å². The number of benzene rings is 2. The first-order valence-electron chi connectivity index (χ1n) is 7.85. The molecule has 0 unspecified atom stereocenters. The highest BCUT2D eigenvalue weighted by Gasteiger charge is 2.33. The van der Waals surface area contributed by atoms with Gasteiger partial charge in [0.05, 0.1) is 16.9 Å². The van der Waals surface area contributed by atoms with Crippen molar-refractivity contribution in [3.8, 4) is 22.8 Å². The van der Waals surface area contributed by atoms with E-state index in [0.29, 0.717) is 22.8 Å². The number of carbonyl (C=O) groups excluding carboxylic acids is 1. The Morgan fingerprint density at radius 3 is 2.67 bits per heavy atom. The van der Waals surface area contributed by atoms with Crippen LogP contribution in [0.3, 0.4) is 0 Å². The zero-order valence-electron chi connectivity index (χ0n) is 13.6. The molecule has 9 heteroatoms. The summed E-state index contributed by atoms with van der Waals surface area (Å²) in [5.41, 5.74) is -0.101. The van der Waals surface area contributed by atoms with E-state index in [1.165, 1.54) is 24.3 Å². The molecular formula is C18H12F3N3O3. The molecule has 0 saturated carbocycles. The third kappa shape index (κ3) is 3.31. The summed E-state index contributed by atoms with van der Waals surface area (Å²) >= 11 is 0. The Kier molecular flexibility index (Phi) is 3.98. The molecular weight excluding hydrogens is 363 g/mol. The molecule has 0 spiro atoms. The lowest BCUT2D eigenvalue weighted by atomic mass is 10.1. The van der Waals surface area contributed by atoms with Crippen molar-refractivity contribution >= 4 is 11.6 Å². The van der Waals surface area contributed by atoms with Gasteiger partial charge in [-0.15, -0.1) is 0 Å². The predicted molar refractivity (Wildman–Crippen MR) is 89.5 cm³/mol. The molecule has 2 heterocycles. The molecule has 27 heavy (non-hydrogen) atoms. The van der Waals surface area contributed by atoms with E-state index in [0.717, 1.165) is 6.07 Å². The molecule has 0 radical (unpaired) electrons. The minimum Gasteiger partial charge on any atom is -0.454 e. The Morgan fingerprint density at radius 1 is 1.07 bits per heavy atom. The van der Waals surface area contributed by atoms with Crippen molar-refractivity contribution in [3.05, 3.63) is 59.8 Å². The van der Waals surface area contributed by atoms with Crippen LogP contribution in [0.4, 0.5) is 18.9 Å². The van der Waals surface area contributed by atoms with Crippen molar-refractivity contribution in [1.82, 2.24) is 10.2 Å². The average molecular weight is 375 g/mol. The lowest BCUT2D eigenvalue weighted by molar-refractivity contribution is -0.136. The van der Waals surface area contributed by atoms with E-state index in [-0.39, 0.29) is 18.2 Å². The quantitative estimate of drug-likeness (QED) is 0.723.